The van der Waals surface area contributed by atoms with Crippen molar-refractivity contribution in [2.45, 2.75) is 6.42 Å². The van der Waals surface area contributed by atoms with Gasteiger partial charge >= 0.3 is 5.97 Å². The van der Waals surface area contributed by atoms with Crippen LogP contribution in [0.4, 0.5) is 0 Å². The van der Waals surface area contributed by atoms with Crippen LogP contribution in [0.2, 0.25) is 0 Å². The Morgan fingerprint density at radius 2 is 2.43 bits per heavy atom. The number of aromatic carboxylic acids is 1. The zero-order valence-electron chi connectivity index (χ0n) is 7.64. The second-order valence-corrected chi connectivity index (χ2v) is 2.62. The summed E-state index contributed by atoms with van der Waals surface area (Å²) < 4.78 is 5.21. The fourth-order valence-corrected chi connectivity index (χ4v) is 0.839. The number of hydrogen-bond donors (Lipinski definition) is 1. The summed E-state index contributed by atoms with van der Waals surface area (Å²) in [6, 6.07) is 2.99. The first-order valence-corrected chi connectivity index (χ1v) is 4.17. The van der Waals surface area contributed by atoms with E-state index >= 15 is 0 Å². The molecule has 0 amide bonds. The number of aromatic nitrogens is 1. The molecular formula is C10H11NO3. The largest absolute Gasteiger partial charge is 0.478 e. The molecule has 1 heterocycles. The van der Waals surface area contributed by atoms with Crippen LogP contribution in [0.25, 0.3) is 0 Å². The van der Waals surface area contributed by atoms with E-state index in [1.54, 1.807) is 6.08 Å². The van der Waals surface area contributed by atoms with E-state index in [9.17, 15) is 4.79 Å². The Morgan fingerprint density at radius 3 is 2.93 bits per heavy atom. The third-order valence-corrected chi connectivity index (χ3v) is 1.56. The molecule has 0 radical (unpaired) electrons. The first-order valence-electron chi connectivity index (χ1n) is 4.17. The molecule has 0 aliphatic rings. The average molecular weight is 193 g/mol. The van der Waals surface area contributed by atoms with Gasteiger partial charge in [0.2, 0.25) is 5.88 Å². The molecule has 0 fully saturated rings. The minimum atomic E-state index is -0.991. The van der Waals surface area contributed by atoms with Crippen LogP contribution >= 0.6 is 0 Å². The molecule has 1 rings (SSSR count). The maximum Gasteiger partial charge on any atom is 0.337 e. The van der Waals surface area contributed by atoms with Gasteiger partial charge in [-0.25, -0.2) is 9.78 Å². The number of pyridine rings is 1. The Balaban J connectivity index is 2.55. The molecule has 0 saturated heterocycles. The van der Waals surface area contributed by atoms with Crippen LogP contribution < -0.4 is 4.74 Å². The van der Waals surface area contributed by atoms with Gasteiger partial charge in [-0.1, -0.05) is 6.08 Å². The van der Waals surface area contributed by atoms with Crippen LogP contribution in [0.5, 0.6) is 5.88 Å². The van der Waals surface area contributed by atoms with Crippen LogP contribution in [0.15, 0.2) is 31.0 Å². The van der Waals surface area contributed by atoms with Gasteiger partial charge < -0.3 is 9.84 Å². The smallest absolute Gasteiger partial charge is 0.337 e. The van der Waals surface area contributed by atoms with Crippen LogP contribution in [-0.4, -0.2) is 22.7 Å². The summed E-state index contributed by atoms with van der Waals surface area (Å²) >= 11 is 0. The highest BCUT2D eigenvalue weighted by Gasteiger charge is 2.02. The van der Waals surface area contributed by atoms with Crippen molar-refractivity contribution in [3.8, 4) is 5.88 Å². The van der Waals surface area contributed by atoms with Crippen molar-refractivity contribution < 1.29 is 14.6 Å². The number of nitrogens with zero attached hydrogens (tertiary/aromatic N) is 1. The van der Waals surface area contributed by atoms with Crippen molar-refractivity contribution in [1.29, 1.82) is 0 Å². The fraction of sp³-hybridized carbons (Fsp3) is 0.200. The van der Waals surface area contributed by atoms with Gasteiger partial charge in [0, 0.05) is 12.3 Å². The van der Waals surface area contributed by atoms with Gasteiger partial charge in [-0.3, -0.25) is 0 Å². The molecule has 0 unspecified atom stereocenters. The van der Waals surface area contributed by atoms with E-state index in [0.717, 1.165) is 6.42 Å². The molecule has 1 aromatic heterocycles. The van der Waals surface area contributed by atoms with Crippen molar-refractivity contribution in [3.05, 3.63) is 36.5 Å². The zero-order valence-corrected chi connectivity index (χ0v) is 7.64. The summed E-state index contributed by atoms with van der Waals surface area (Å²) in [6.45, 7) is 4.05. The van der Waals surface area contributed by atoms with Gasteiger partial charge in [0.25, 0.3) is 0 Å². The summed E-state index contributed by atoms with van der Waals surface area (Å²) in [5.41, 5.74) is 0.154. The summed E-state index contributed by atoms with van der Waals surface area (Å²) in [5.74, 6) is -0.563. The van der Waals surface area contributed by atoms with Crippen molar-refractivity contribution in [2.24, 2.45) is 0 Å². The molecule has 0 aliphatic carbocycles. The molecule has 0 spiro atoms. The Labute approximate surface area is 81.9 Å². The Bertz CT molecular complexity index is 319. The van der Waals surface area contributed by atoms with Gasteiger partial charge in [0.1, 0.15) is 0 Å². The summed E-state index contributed by atoms with van der Waals surface area (Å²) in [5, 5.41) is 8.60. The van der Waals surface area contributed by atoms with E-state index in [2.05, 4.69) is 11.6 Å². The predicted octanol–water partition coefficient (Wildman–Crippen LogP) is 1.73. The van der Waals surface area contributed by atoms with Gasteiger partial charge in [0.05, 0.1) is 12.2 Å². The maximum atomic E-state index is 10.5. The van der Waals surface area contributed by atoms with Crippen molar-refractivity contribution in [3.63, 3.8) is 0 Å². The normalized spacial score (nSPS) is 9.43. The van der Waals surface area contributed by atoms with Gasteiger partial charge in [-0.05, 0) is 12.5 Å². The second kappa shape index (κ2) is 5.01. The van der Waals surface area contributed by atoms with Gasteiger partial charge in [0.15, 0.2) is 0 Å². The molecule has 14 heavy (non-hydrogen) atoms. The van der Waals surface area contributed by atoms with Crippen molar-refractivity contribution >= 4 is 5.97 Å². The van der Waals surface area contributed by atoms with Crippen molar-refractivity contribution in [2.75, 3.05) is 6.61 Å². The first kappa shape index (κ1) is 10.2. The second-order valence-electron chi connectivity index (χ2n) is 2.62. The minimum absolute atomic E-state index is 0.154. The molecule has 0 aliphatic heterocycles. The molecule has 0 bridgehead atoms. The standard InChI is InChI=1S/C10H11NO3/c1-2-3-6-14-9-5-4-8(7-11-9)10(12)13/h2,4-5,7H,1,3,6H2,(H,12,13). The summed E-state index contributed by atoms with van der Waals surface area (Å²) in [6.07, 6.45) is 3.75. The maximum absolute atomic E-state index is 10.5. The quantitative estimate of drug-likeness (QED) is 0.571. The lowest BCUT2D eigenvalue weighted by molar-refractivity contribution is 0.0696. The van der Waals surface area contributed by atoms with Gasteiger partial charge in [-0.2, -0.15) is 0 Å². The lowest BCUT2D eigenvalue weighted by Crippen LogP contribution is -2.00. The van der Waals surface area contributed by atoms with Crippen LogP contribution in [0.3, 0.4) is 0 Å². The third-order valence-electron chi connectivity index (χ3n) is 1.56. The van der Waals surface area contributed by atoms with Crippen LogP contribution in [-0.2, 0) is 0 Å². The van der Waals surface area contributed by atoms with E-state index in [1.807, 2.05) is 0 Å². The highest BCUT2D eigenvalue weighted by Crippen LogP contribution is 2.07. The first-order chi connectivity index (χ1) is 6.74. The molecule has 1 N–H and O–H groups in total. The highest BCUT2D eigenvalue weighted by atomic mass is 16.5. The third kappa shape index (κ3) is 2.90. The molecule has 1 aromatic rings. The SMILES string of the molecule is C=CCCOc1ccc(C(=O)O)cn1. The van der Waals surface area contributed by atoms with Crippen LogP contribution in [0, 0.1) is 0 Å². The number of rotatable bonds is 5. The summed E-state index contributed by atoms with van der Waals surface area (Å²) in [7, 11) is 0. The molecule has 4 heteroatoms. The Hall–Kier alpha value is -1.84. The number of carbonyl (C=O) groups is 1. The Morgan fingerprint density at radius 1 is 1.64 bits per heavy atom. The Kier molecular flexibility index (Phi) is 3.67. The average Bonchev–Trinajstić information content (AvgIpc) is 2.19. The highest BCUT2D eigenvalue weighted by molar-refractivity contribution is 5.87. The van der Waals surface area contributed by atoms with E-state index in [1.165, 1.54) is 18.3 Å². The van der Waals surface area contributed by atoms with E-state index < -0.39 is 5.97 Å². The van der Waals surface area contributed by atoms with E-state index in [0.29, 0.717) is 12.5 Å². The molecule has 4 nitrogen and oxygen atoms in total. The minimum Gasteiger partial charge on any atom is -0.478 e. The molecule has 0 atom stereocenters. The monoisotopic (exact) mass is 193 g/mol. The van der Waals surface area contributed by atoms with E-state index in [4.69, 9.17) is 9.84 Å². The molecule has 74 valence electrons. The lowest BCUT2D eigenvalue weighted by Gasteiger charge is -2.02. The van der Waals surface area contributed by atoms with E-state index in [-0.39, 0.29) is 5.56 Å². The number of hydrogen-bond acceptors (Lipinski definition) is 3. The molecule has 0 aromatic carbocycles. The zero-order chi connectivity index (χ0) is 10.4. The predicted molar refractivity (Wildman–Crippen MR) is 51.5 cm³/mol. The number of ether oxygens (including phenoxy) is 1. The lowest BCUT2D eigenvalue weighted by atomic mass is 10.3. The molecule has 0 saturated carbocycles. The molecular weight excluding hydrogens is 182 g/mol. The summed E-state index contributed by atoms with van der Waals surface area (Å²) in [4.78, 5) is 14.3. The van der Waals surface area contributed by atoms with Gasteiger partial charge in [-0.15, -0.1) is 6.58 Å². The number of carboxylic acid groups (broad SMARTS) is 1. The van der Waals surface area contributed by atoms with Crippen LogP contribution in [0.1, 0.15) is 16.8 Å². The fourth-order valence-electron chi connectivity index (χ4n) is 0.839. The van der Waals surface area contributed by atoms with Crippen molar-refractivity contribution in [1.82, 2.24) is 4.98 Å². The topological polar surface area (TPSA) is 59.4 Å². The number of carboxylic acids is 1.